The molecule has 1 fully saturated rings. The lowest BCUT2D eigenvalue weighted by atomic mass is 10.0. The predicted molar refractivity (Wildman–Crippen MR) is 79.8 cm³/mol. The third-order valence-electron chi connectivity index (χ3n) is 3.78. The molecule has 1 aliphatic heterocycles. The van der Waals surface area contributed by atoms with Crippen molar-refractivity contribution in [2.75, 3.05) is 13.1 Å². The van der Waals surface area contributed by atoms with Gasteiger partial charge in [0, 0.05) is 37.6 Å². The van der Waals surface area contributed by atoms with Gasteiger partial charge in [-0.15, -0.1) is 0 Å². The average molecular weight is 303 g/mol. The van der Waals surface area contributed by atoms with Gasteiger partial charge < -0.3 is 10.0 Å². The van der Waals surface area contributed by atoms with Crippen molar-refractivity contribution in [2.24, 2.45) is 5.92 Å². The van der Waals surface area contributed by atoms with Crippen molar-refractivity contribution in [2.45, 2.75) is 18.9 Å². The van der Waals surface area contributed by atoms with E-state index in [2.05, 4.69) is 9.97 Å². The Kier molecular flexibility index (Phi) is 4.26. The van der Waals surface area contributed by atoms with E-state index in [1.165, 1.54) is 0 Å². The summed E-state index contributed by atoms with van der Waals surface area (Å²) in [5.74, 6) is 0.113. The summed E-state index contributed by atoms with van der Waals surface area (Å²) in [4.78, 5) is 22.3. The number of hydrogen-bond acceptors (Lipinski definition) is 5. The lowest BCUT2D eigenvalue weighted by molar-refractivity contribution is -0.129. The SMILES string of the molecule is O=C(Cc1ccsc1)N1C[C@@H](Cc2cnccn2)[C@H](O)C1. The molecule has 3 heterocycles. The number of rotatable bonds is 4. The molecule has 0 aromatic carbocycles. The predicted octanol–water partition coefficient (Wildman–Crippen LogP) is 1.14. The van der Waals surface area contributed by atoms with E-state index >= 15 is 0 Å². The summed E-state index contributed by atoms with van der Waals surface area (Å²) in [6, 6.07) is 1.96. The largest absolute Gasteiger partial charge is 0.391 e. The topological polar surface area (TPSA) is 66.3 Å². The van der Waals surface area contributed by atoms with Crippen LogP contribution >= 0.6 is 11.3 Å². The molecule has 2 aromatic heterocycles. The highest BCUT2D eigenvalue weighted by Gasteiger charge is 2.34. The molecule has 6 heteroatoms. The van der Waals surface area contributed by atoms with Gasteiger partial charge in [-0.05, 0) is 28.8 Å². The molecule has 0 aliphatic carbocycles. The van der Waals surface area contributed by atoms with Crippen molar-refractivity contribution in [3.63, 3.8) is 0 Å². The quantitative estimate of drug-likeness (QED) is 0.920. The second kappa shape index (κ2) is 6.32. The van der Waals surface area contributed by atoms with Crippen molar-refractivity contribution in [3.8, 4) is 0 Å². The molecule has 21 heavy (non-hydrogen) atoms. The summed E-state index contributed by atoms with van der Waals surface area (Å²) < 4.78 is 0. The molecule has 2 aromatic rings. The number of amides is 1. The first-order valence-electron chi connectivity index (χ1n) is 6.94. The Balaban J connectivity index is 1.59. The molecular weight excluding hydrogens is 286 g/mol. The smallest absolute Gasteiger partial charge is 0.227 e. The number of aliphatic hydroxyl groups is 1. The van der Waals surface area contributed by atoms with Gasteiger partial charge >= 0.3 is 0 Å². The summed E-state index contributed by atoms with van der Waals surface area (Å²) in [6.07, 6.45) is 5.56. The summed E-state index contributed by atoms with van der Waals surface area (Å²) in [6.45, 7) is 0.995. The fourth-order valence-corrected chi connectivity index (χ4v) is 3.31. The molecule has 1 N–H and O–H groups in total. The van der Waals surface area contributed by atoms with E-state index < -0.39 is 6.10 Å². The summed E-state index contributed by atoms with van der Waals surface area (Å²) >= 11 is 1.59. The Bertz CT molecular complexity index is 588. The van der Waals surface area contributed by atoms with Gasteiger partial charge in [-0.2, -0.15) is 11.3 Å². The zero-order valence-corrected chi connectivity index (χ0v) is 12.4. The molecule has 3 rings (SSSR count). The molecule has 0 unspecified atom stereocenters. The minimum absolute atomic E-state index is 0.0353. The second-order valence-corrected chi connectivity index (χ2v) is 6.12. The minimum Gasteiger partial charge on any atom is -0.391 e. The van der Waals surface area contributed by atoms with Crippen LogP contribution in [0.25, 0.3) is 0 Å². The number of likely N-dealkylation sites (tertiary alicyclic amines) is 1. The first-order chi connectivity index (χ1) is 10.2. The Hall–Kier alpha value is -1.79. The maximum Gasteiger partial charge on any atom is 0.227 e. The summed E-state index contributed by atoms with van der Waals surface area (Å²) in [5.41, 5.74) is 1.89. The minimum atomic E-state index is -0.488. The Labute approximate surface area is 127 Å². The molecule has 0 spiro atoms. The van der Waals surface area contributed by atoms with Crippen LogP contribution in [-0.2, 0) is 17.6 Å². The Morgan fingerprint density at radius 2 is 2.33 bits per heavy atom. The first-order valence-corrected chi connectivity index (χ1v) is 7.88. The fraction of sp³-hybridized carbons (Fsp3) is 0.400. The fourth-order valence-electron chi connectivity index (χ4n) is 2.64. The average Bonchev–Trinajstić information content (AvgIpc) is 3.11. The zero-order chi connectivity index (χ0) is 14.7. The van der Waals surface area contributed by atoms with Crippen LogP contribution in [0.4, 0.5) is 0 Å². The van der Waals surface area contributed by atoms with Crippen LogP contribution in [-0.4, -0.2) is 45.1 Å². The lowest BCUT2D eigenvalue weighted by Crippen LogP contribution is -2.30. The van der Waals surface area contributed by atoms with Crippen molar-refractivity contribution < 1.29 is 9.90 Å². The van der Waals surface area contributed by atoms with E-state index in [4.69, 9.17) is 0 Å². The Morgan fingerprint density at radius 3 is 3.05 bits per heavy atom. The highest BCUT2D eigenvalue weighted by Crippen LogP contribution is 2.21. The van der Waals surface area contributed by atoms with Crippen LogP contribution in [0.15, 0.2) is 35.4 Å². The van der Waals surface area contributed by atoms with Crippen LogP contribution in [0.2, 0.25) is 0 Å². The maximum absolute atomic E-state index is 12.2. The highest BCUT2D eigenvalue weighted by atomic mass is 32.1. The molecule has 2 atom stereocenters. The van der Waals surface area contributed by atoms with E-state index in [1.807, 2.05) is 16.8 Å². The molecule has 1 aliphatic rings. The summed E-state index contributed by atoms with van der Waals surface area (Å²) in [5, 5.41) is 14.1. The number of aromatic nitrogens is 2. The van der Waals surface area contributed by atoms with Crippen LogP contribution in [0.1, 0.15) is 11.3 Å². The van der Waals surface area contributed by atoms with Gasteiger partial charge in [-0.1, -0.05) is 0 Å². The Morgan fingerprint density at radius 1 is 1.43 bits per heavy atom. The molecule has 5 nitrogen and oxygen atoms in total. The number of aliphatic hydroxyl groups excluding tert-OH is 1. The van der Waals surface area contributed by atoms with Crippen molar-refractivity contribution in [1.29, 1.82) is 0 Å². The number of carbonyl (C=O) groups is 1. The van der Waals surface area contributed by atoms with Gasteiger partial charge in [0.2, 0.25) is 5.91 Å². The number of hydrogen-bond donors (Lipinski definition) is 1. The third kappa shape index (κ3) is 3.46. The van der Waals surface area contributed by atoms with Gasteiger partial charge in [0.25, 0.3) is 0 Å². The van der Waals surface area contributed by atoms with Crippen molar-refractivity contribution in [3.05, 3.63) is 46.7 Å². The van der Waals surface area contributed by atoms with Gasteiger partial charge in [0.1, 0.15) is 0 Å². The van der Waals surface area contributed by atoms with Gasteiger partial charge in [0.15, 0.2) is 0 Å². The highest BCUT2D eigenvalue weighted by molar-refractivity contribution is 7.07. The lowest BCUT2D eigenvalue weighted by Gasteiger charge is -2.15. The second-order valence-electron chi connectivity index (χ2n) is 5.34. The van der Waals surface area contributed by atoms with Crippen molar-refractivity contribution >= 4 is 17.2 Å². The van der Waals surface area contributed by atoms with E-state index in [1.54, 1.807) is 34.8 Å². The van der Waals surface area contributed by atoms with Crippen LogP contribution < -0.4 is 0 Å². The number of nitrogens with zero attached hydrogens (tertiary/aromatic N) is 3. The number of thiophene rings is 1. The monoisotopic (exact) mass is 303 g/mol. The molecule has 0 radical (unpaired) electrons. The van der Waals surface area contributed by atoms with E-state index in [0.717, 1.165) is 11.3 Å². The van der Waals surface area contributed by atoms with Crippen LogP contribution in [0.3, 0.4) is 0 Å². The van der Waals surface area contributed by atoms with Crippen LogP contribution in [0.5, 0.6) is 0 Å². The molecule has 0 saturated carbocycles. The van der Waals surface area contributed by atoms with Gasteiger partial charge in [0.05, 0.1) is 18.2 Å². The molecular formula is C15H17N3O2S. The van der Waals surface area contributed by atoms with Gasteiger partial charge in [-0.25, -0.2) is 0 Å². The van der Waals surface area contributed by atoms with E-state index in [9.17, 15) is 9.90 Å². The van der Waals surface area contributed by atoms with Crippen LogP contribution in [0, 0.1) is 5.92 Å². The third-order valence-corrected chi connectivity index (χ3v) is 4.51. The first kappa shape index (κ1) is 14.2. The normalized spacial score (nSPS) is 21.7. The maximum atomic E-state index is 12.2. The molecule has 0 bridgehead atoms. The summed E-state index contributed by atoms with van der Waals surface area (Å²) in [7, 11) is 0. The molecule has 1 amide bonds. The molecule has 1 saturated heterocycles. The zero-order valence-electron chi connectivity index (χ0n) is 11.6. The van der Waals surface area contributed by atoms with E-state index in [-0.39, 0.29) is 11.8 Å². The number of β-amino-alcohol motifs (C(OH)–C–C–N with tert-alkyl or cyclic N) is 1. The van der Waals surface area contributed by atoms with E-state index in [0.29, 0.717) is 25.9 Å². The standard InChI is InChI=1S/C15H17N3O2S/c19-14-9-18(15(20)5-11-1-4-21-10-11)8-12(14)6-13-7-16-2-3-17-13/h1-4,7,10,12,14,19H,5-6,8-9H2/t12-,14-/m1/s1. The number of carbonyl (C=O) groups excluding carboxylic acids is 1. The van der Waals surface area contributed by atoms with Crippen molar-refractivity contribution in [1.82, 2.24) is 14.9 Å². The molecule has 110 valence electrons. The van der Waals surface area contributed by atoms with Gasteiger partial charge in [-0.3, -0.25) is 14.8 Å².